The predicted octanol–water partition coefficient (Wildman–Crippen LogP) is 4.70. The molecule has 0 spiro atoms. The lowest BCUT2D eigenvalue weighted by Gasteiger charge is -2.30. The lowest BCUT2D eigenvalue weighted by atomic mass is 10.0. The van der Waals surface area contributed by atoms with E-state index in [1.807, 2.05) is 0 Å². The first-order valence-electron chi connectivity index (χ1n) is 12.5. The van der Waals surface area contributed by atoms with Gasteiger partial charge < -0.3 is 22.4 Å². The van der Waals surface area contributed by atoms with Gasteiger partial charge in [0.2, 0.25) is 0 Å². The van der Waals surface area contributed by atoms with E-state index in [0.717, 1.165) is 11.0 Å². The molecule has 0 bridgehead atoms. The van der Waals surface area contributed by atoms with Crippen LogP contribution in [0.15, 0.2) is 30.3 Å². The predicted molar refractivity (Wildman–Crippen MR) is 130 cm³/mol. The SMILES string of the molecule is CCCCCCCCCCCCCCCCCC[N+](C)(C)Cc1ccccc1.O.[Cl-]. The van der Waals surface area contributed by atoms with Crippen LogP contribution in [0.4, 0.5) is 0 Å². The van der Waals surface area contributed by atoms with E-state index >= 15 is 0 Å². The van der Waals surface area contributed by atoms with E-state index in [1.165, 1.54) is 115 Å². The van der Waals surface area contributed by atoms with Crippen molar-refractivity contribution in [1.29, 1.82) is 0 Å². The number of nitrogens with zero attached hydrogens (tertiary/aromatic N) is 1. The quantitative estimate of drug-likeness (QED) is 0.220. The van der Waals surface area contributed by atoms with Crippen molar-refractivity contribution in [2.24, 2.45) is 0 Å². The summed E-state index contributed by atoms with van der Waals surface area (Å²) in [6.45, 7) is 4.75. The lowest BCUT2D eigenvalue weighted by molar-refractivity contribution is -0.903. The average molecular weight is 442 g/mol. The summed E-state index contributed by atoms with van der Waals surface area (Å²) in [4.78, 5) is 0. The minimum Gasteiger partial charge on any atom is -1.00 e. The van der Waals surface area contributed by atoms with Gasteiger partial charge in [0.15, 0.2) is 0 Å². The topological polar surface area (TPSA) is 31.5 Å². The second-order valence-electron chi connectivity index (χ2n) is 9.61. The van der Waals surface area contributed by atoms with Crippen LogP contribution in [0.2, 0.25) is 0 Å². The maximum Gasteiger partial charge on any atom is 0.104 e. The van der Waals surface area contributed by atoms with E-state index in [9.17, 15) is 0 Å². The molecule has 0 aliphatic rings. The molecule has 0 heterocycles. The maximum atomic E-state index is 2.37. The summed E-state index contributed by atoms with van der Waals surface area (Å²) in [6.07, 6.45) is 23.2. The monoisotopic (exact) mass is 441 g/mol. The van der Waals surface area contributed by atoms with Crippen LogP contribution in [-0.2, 0) is 6.54 Å². The normalized spacial score (nSPS) is 11.0. The Hall–Kier alpha value is -0.570. The van der Waals surface area contributed by atoms with Gasteiger partial charge in [-0.25, -0.2) is 0 Å². The van der Waals surface area contributed by atoms with Gasteiger partial charge in [0.1, 0.15) is 6.54 Å². The standard InChI is InChI=1S/C27H50N.ClH.H2O/c1-4-5-6-7-8-9-10-11-12-13-14-15-16-17-18-22-25-28(2,3)26-27-23-20-19-21-24-27;;/h19-21,23-24H,4-18,22,25-26H2,1-3H3;1H;1H2/q+1;;/p-1. The highest BCUT2D eigenvalue weighted by Gasteiger charge is 2.14. The van der Waals surface area contributed by atoms with Crippen LogP contribution in [0.25, 0.3) is 0 Å². The smallest absolute Gasteiger partial charge is 0.104 e. The molecule has 2 nitrogen and oxygen atoms in total. The van der Waals surface area contributed by atoms with Crippen LogP contribution in [0.1, 0.15) is 115 Å². The Bertz CT molecular complexity index is 449. The van der Waals surface area contributed by atoms with E-state index < -0.39 is 0 Å². The number of rotatable bonds is 19. The number of hydrogen-bond acceptors (Lipinski definition) is 0. The zero-order valence-corrected chi connectivity index (χ0v) is 21.2. The Morgan fingerprint density at radius 1 is 0.567 bits per heavy atom. The third-order valence-corrected chi connectivity index (χ3v) is 6.07. The van der Waals surface area contributed by atoms with Crippen molar-refractivity contribution >= 4 is 0 Å². The van der Waals surface area contributed by atoms with Crippen LogP contribution in [0.3, 0.4) is 0 Å². The fourth-order valence-corrected chi connectivity index (χ4v) is 4.24. The molecule has 0 aromatic heterocycles. The molecular formula is C27H52ClNO. The minimum absolute atomic E-state index is 0. The molecule has 1 rings (SSSR count). The van der Waals surface area contributed by atoms with Crippen molar-refractivity contribution < 1.29 is 22.4 Å². The zero-order chi connectivity index (χ0) is 20.3. The Labute approximate surface area is 195 Å². The number of quaternary nitrogens is 1. The summed E-state index contributed by atoms with van der Waals surface area (Å²) in [5.74, 6) is 0. The van der Waals surface area contributed by atoms with Crippen LogP contribution in [0.5, 0.6) is 0 Å². The van der Waals surface area contributed by atoms with Gasteiger partial charge in [0.05, 0.1) is 20.6 Å². The first-order chi connectivity index (χ1) is 13.6. The highest BCUT2D eigenvalue weighted by atomic mass is 35.5. The molecule has 3 heteroatoms. The largest absolute Gasteiger partial charge is 1.00 e. The molecule has 30 heavy (non-hydrogen) atoms. The van der Waals surface area contributed by atoms with Crippen molar-refractivity contribution in [3.05, 3.63) is 35.9 Å². The molecule has 2 N–H and O–H groups in total. The highest BCUT2D eigenvalue weighted by molar-refractivity contribution is 5.13. The van der Waals surface area contributed by atoms with Gasteiger partial charge in [-0.2, -0.15) is 0 Å². The molecule has 0 fully saturated rings. The maximum absolute atomic E-state index is 2.37. The van der Waals surface area contributed by atoms with Crippen LogP contribution in [0, 0.1) is 0 Å². The van der Waals surface area contributed by atoms with Crippen molar-refractivity contribution in [3.8, 4) is 0 Å². The van der Waals surface area contributed by atoms with Gasteiger partial charge in [-0.05, 0) is 12.8 Å². The van der Waals surface area contributed by atoms with Gasteiger partial charge >= 0.3 is 0 Å². The van der Waals surface area contributed by atoms with Crippen LogP contribution in [-0.4, -0.2) is 30.6 Å². The van der Waals surface area contributed by atoms with Crippen molar-refractivity contribution in [2.45, 2.75) is 116 Å². The van der Waals surface area contributed by atoms with Crippen molar-refractivity contribution in [2.75, 3.05) is 20.6 Å². The summed E-state index contributed by atoms with van der Waals surface area (Å²) in [7, 11) is 4.75. The van der Waals surface area contributed by atoms with Crippen molar-refractivity contribution in [3.63, 3.8) is 0 Å². The first-order valence-corrected chi connectivity index (χ1v) is 12.5. The summed E-state index contributed by atoms with van der Waals surface area (Å²) in [6, 6.07) is 10.9. The molecule has 1 aromatic rings. The molecule has 0 radical (unpaired) electrons. The number of halogens is 1. The number of unbranched alkanes of at least 4 members (excludes halogenated alkanes) is 15. The number of hydrogen-bond donors (Lipinski definition) is 0. The fraction of sp³-hybridized carbons (Fsp3) is 0.778. The van der Waals surface area contributed by atoms with Crippen LogP contribution >= 0.6 is 0 Å². The third-order valence-electron chi connectivity index (χ3n) is 6.07. The average Bonchev–Trinajstić information content (AvgIpc) is 2.68. The summed E-state index contributed by atoms with van der Waals surface area (Å²) in [5.41, 5.74) is 1.46. The van der Waals surface area contributed by atoms with E-state index in [-0.39, 0.29) is 17.9 Å². The lowest BCUT2D eigenvalue weighted by Crippen LogP contribution is -3.00. The third kappa shape index (κ3) is 19.4. The summed E-state index contributed by atoms with van der Waals surface area (Å²) >= 11 is 0. The second kappa shape index (κ2) is 21.7. The molecule has 0 unspecified atom stereocenters. The van der Waals surface area contributed by atoms with E-state index in [0.29, 0.717) is 0 Å². The van der Waals surface area contributed by atoms with Crippen LogP contribution < -0.4 is 12.4 Å². The number of benzene rings is 1. The Morgan fingerprint density at radius 2 is 0.933 bits per heavy atom. The highest BCUT2D eigenvalue weighted by Crippen LogP contribution is 2.15. The summed E-state index contributed by atoms with van der Waals surface area (Å²) < 4.78 is 1.11. The molecular weight excluding hydrogens is 390 g/mol. The molecule has 0 aliphatic carbocycles. The molecule has 0 amide bonds. The Morgan fingerprint density at radius 3 is 1.33 bits per heavy atom. The molecule has 178 valence electrons. The molecule has 0 saturated carbocycles. The molecule has 0 atom stereocenters. The fourth-order valence-electron chi connectivity index (χ4n) is 4.24. The van der Waals surface area contributed by atoms with Gasteiger partial charge in [-0.3, -0.25) is 0 Å². The summed E-state index contributed by atoms with van der Waals surface area (Å²) in [5, 5.41) is 0. The Kier molecular flexibility index (Phi) is 22.8. The minimum atomic E-state index is 0. The van der Waals surface area contributed by atoms with Gasteiger partial charge in [0.25, 0.3) is 0 Å². The molecule has 0 saturated heterocycles. The molecule has 1 aromatic carbocycles. The van der Waals surface area contributed by atoms with E-state index in [4.69, 9.17) is 0 Å². The second-order valence-corrected chi connectivity index (χ2v) is 9.61. The zero-order valence-electron chi connectivity index (χ0n) is 20.4. The van der Waals surface area contributed by atoms with Gasteiger partial charge in [-0.1, -0.05) is 127 Å². The first kappa shape index (κ1) is 31.6. The molecule has 0 aliphatic heterocycles. The van der Waals surface area contributed by atoms with E-state index in [1.54, 1.807) is 0 Å². The Balaban J connectivity index is 0. The van der Waals surface area contributed by atoms with Gasteiger partial charge in [-0.15, -0.1) is 0 Å². The van der Waals surface area contributed by atoms with E-state index in [2.05, 4.69) is 51.4 Å². The van der Waals surface area contributed by atoms with Crippen molar-refractivity contribution in [1.82, 2.24) is 0 Å². The van der Waals surface area contributed by atoms with Gasteiger partial charge in [0, 0.05) is 5.56 Å².